The van der Waals surface area contributed by atoms with Crippen molar-refractivity contribution in [2.45, 2.75) is 57.5 Å². The number of nitrogens with one attached hydrogen (secondary N) is 1. The van der Waals surface area contributed by atoms with Crippen LogP contribution in [0.4, 0.5) is 0 Å². The Labute approximate surface area is 75.0 Å². The third-order valence-corrected chi connectivity index (χ3v) is 2.75. The van der Waals surface area contributed by atoms with E-state index in [0.717, 1.165) is 6.42 Å². The van der Waals surface area contributed by atoms with Crippen molar-refractivity contribution in [1.82, 2.24) is 5.32 Å². The first kappa shape index (κ1) is 9.54. The number of piperidine rings is 1. The molecule has 1 saturated heterocycles. The Morgan fingerprint density at radius 3 is 3.00 bits per heavy atom. The van der Waals surface area contributed by atoms with E-state index in [4.69, 9.17) is 5.26 Å². The van der Waals surface area contributed by atoms with Crippen LogP contribution in [0.3, 0.4) is 0 Å². The van der Waals surface area contributed by atoms with E-state index >= 15 is 0 Å². The Morgan fingerprint density at radius 1 is 1.67 bits per heavy atom. The van der Waals surface area contributed by atoms with Crippen LogP contribution in [0.25, 0.3) is 0 Å². The van der Waals surface area contributed by atoms with E-state index in [1.807, 2.05) is 0 Å². The molecule has 1 rings (SSSR count). The van der Waals surface area contributed by atoms with E-state index in [0.29, 0.717) is 12.5 Å². The van der Waals surface area contributed by atoms with Gasteiger partial charge in [-0.15, -0.1) is 0 Å². The molecule has 0 aromatic carbocycles. The van der Waals surface area contributed by atoms with E-state index in [-0.39, 0.29) is 5.54 Å². The zero-order valence-corrected chi connectivity index (χ0v) is 8.06. The molecule has 12 heavy (non-hydrogen) atoms. The van der Waals surface area contributed by atoms with E-state index in [9.17, 15) is 0 Å². The van der Waals surface area contributed by atoms with Gasteiger partial charge in [0.1, 0.15) is 0 Å². The number of rotatable bonds is 2. The summed E-state index contributed by atoms with van der Waals surface area (Å²) < 4.78 is 0. The van der Waals surface area contributed by atoms with Crippen molar-refractivity contribution in [3.05, 3.63) is 0 Å². The van der Waals surface area contributed by atoms with Gasteiger partial charge in [-0.3, -0.25) is 0 Å². The van der Waals surface area contributed by atoms with Gasteiger partial charge >= 0.3 is 0 Å². The number of nitrogens with zero attached hydrogens (tertiary/aromatic N) is 1. The largest absolute Gasteiger partial charge is 0.309 e. The highest BCUT2D eigenvalue weighted by Crippen LogP contribution is 2.25. The molecule has 0 saturated carbocycles. The molecule has 0 bridgehead atoms. The molecule has 1 aliphatic rings. The van der Waals surface area contributed by atoms with Crippen molar-refractivity contribution in [2.24, 2.45) is 0 Å². The second-order valence-electron chi connectivity index (χ2n) is 4.16. The predicted octanol–water partition coefficient (Wildman–Crippen LogP) is 2.21. The Morgan fingerprint density at radius 2 is 2.42 bits per heavy atom. The minimum absolute atomic E-state index is 0.230. The second-order valence-corrected chi connectivity index (χ2v) is 4.16. The average molecular weight is 166 g/mol. The Bertz CT molecular complexity index is 183. The van der Waals surface area contributed by atoms with Gasteiger partial charge in [0.15, 0.2) is 0 Å². The molecule has 0 aliphatic carbocycles. The summed E-state index contributed by atoms with van der Waals surface area (Å²) in [5.74, 6) is 0. The van der Waals surface area contributed by atoms with Crippen molar-refractivity contribution >= 4 is 0 Å². The summed E-state index contributed by atoms with van der Waals surface area (Å²) in [7, 11) is 0. The molecule has 68 valence electrons. The maximum absolute atomic E-state index is 8.50. The van der Waals surface area contributed by atoms with Crippen molar-refractivity contribution in [3.63, 3.8) is 0 Å². The quantitative estimate of drug-likeness (QED) is 0.682. The van der Waals surface area contributed by atoms with Crippen LogP contribution in [0.2, 0.25) is 0 Å². The van der Waals surface area contributed by atoms with Crippen molar-refractivity contribution in [2.75, 3.05) is 0 Å². The molecule has 2 unspecified atom stereocenters. The molecule has 1 fully saturated rings. The summed E-state index contributed by atoms with van der Waals surface area (Å²) in [6.07, 6.45) is 5.47. The fourth-order valence-electron chi connectivity index (χ4n) is 2.07. The third-order valence-electron chi connectivity index (χ3n) is 2.75. The standard InChI is InChI=1S/C10H18N2/c1-9-5-3-6-10(2,12-9)7-4-8-11/h9,12H,3-7H2,1-2H3. The van der Waals surface area contributed by atoms with E-state index in [1.165, 1.54) is 19.3 Å². The molecule has 0 spiro atoms. The number of hydrogen-bond donors (Lipinski definition) is 1. The van der Waals surface area contributed by atoms with Crippen molar-refractivity contribution in [3.8, 4) is 6.07 Å². The fourth-order valence-corrected chi connectivity index (χ4v) is 2.07. The molecule has 0 radical (unpaired) electrons. The minimum atomic E-state index is 0.230. The summed E-state index contributed by atoms with van der Waals surface area (Å²) in [5, 5.41) is 12.1. The van der Waals surface area contributed by atoms with Crippen LogP contribution in [0.15, 0.2) is 0 Å². The van der Waals surface area contributed by atoms with Gasteiger partial charge in [0.05, 0.1) is 6.07 Å². The highest BCUT2D eigenvalue weighted by Gasteiger charge is 2.28. The zero-order chi connectivity index (χ0) is 9.03. The van der Waals surface area contributed by atoms with Gasteiger partial charge in [-0.2, -0.15) is 5.26 Å². The van der Waals surface area contributed by atoms with Gasteiger partial charge < -0.3 is 5.32 Å². The summed E-state index contributed by atoms with van der Waals surface area (Å²) in [6.45, 7) is 4.46. The third kappa shape index (κ3) is 2.49. The van der Waals surface area contributed by atoms with E-state index in [1.54, 1.807) is 0 Å². The van der Waals surface area contributed by atoms with Crippen LogP contribution in [0, 0.1) is 11.3 Å². The van der Waals surface area contributed by atoms with Gasteiger partial charge in [-0.25, -0.2) is 0 Å². The molecule has 2 heteroatoms. The summed E-state index contributed by atoms with van der Waals surface area (Å²) >= 11 is 0. The van der Waals surface area contributed by atoms with Gasteiger partial charge in [0, 0.05) is 18.0 Å². The lowest BCUT2D eigenvalue weighted by molar-refractivity contribution is 0.221. The van der Waals surface area contributed by atoms with Crippen LogP contribution in [0.5, 0.6) is 0 Å². The predicted molar refractivity (Wildman–Crippen MR) is 49.7 cm³/mol. The first-order chi connectivity index (χ1) is 5.66. The minimum Gasteiger partial charge on any atom is -0.309 e. The first-order valence-electron chi connectivity index (χ1n) is 4.81. The van der Waals surface area contributed by atoms with Crippen LogP contribution in [-0.2, 0) is 0 Å². The van der Waals surface area contributed by atoms with Crippen LogP contribution in [0.1, 0.15) is 46.0 Å². The molecule has 0 amide bonds. The lowest BCUT2D eigenvalue weighted by Crippen LogP contribution is -2.50. The molecule has 0 aromatic rings. The van der Waals surface area contributed by atoms with Crippen LogP contribution in [-0.4, -0.2) is 11.6 Å². The average Bonchev–Trinajstić information content (AvgIpc) is 2.01. The first-order valence-corrected chi connectivity index (χ1v) is 4.81. The highest BCUT2D eigenvalue weighted by atomic mass is 15.0. The van der Waals surface area contributed by atoms with Gasteiger partial charge in [-0.05, 0) is 33.1 Å². The molecule has 0 aromatic heterocycles. The van der Waals surface area contributed by atoms with Crippen molar-refractivity contribution < 1.29 is 0 Å². The normalized spacial score (nSPS) is 35.9. The topological polar surface area (TPSA) is 35.8 Å². The summed E-state index contributed by atoms with van der Waals surface area (Å²) in [6, 6.07) is 2.84. The number of hydrogen-bond acceptors (Lipinski definition) is 2. The van der Waals surface area contributed by atoms with Gasteiger partial charge in [-0.1, -0.05) is 6.42 Å². The monoisotopic (exact) mass is 166 g/mol. The van der Waals surface area contributed by atoms with Gasteiger partial charge in [0.25, 0.3) is 0 Å². The molecule has 1 heterocycles. The smallest absolute Gasteiger partial charge is 0.0622 e. The van der Waals surface area contributed by atoms with Crippen molar-refractivity contribution in [1.29, 1.82) is 5.26 Å². The summed E-state index contributed by atoms with van der Waals surface area (Å²) in [5.41, 5.74) is 0.230. The Hall–Kier alpha value is -0.550. The molecular formula is C10H18N2. The second kappa shape index (κ2) is 3.91. The number of nitriles is 1. The molecule has 1 aliphatic heterocycles. The maximum Gasteiger partial charge on any atom is 0.0622 e. The van der Waals surface area contributed by atoms with E-state index in [2.05, 4.69) is 25.2 Å². The maximum atomic E-state index is 8.50. The van der Waals surface area contributed by atoms with E-state index < -0.39 is 0 Å². The molecule has 2 nitrogen and oxygen atoms in total. The SMILES string of the molecule is CC1CCCC(C)(CCC#N)N1. The Balaban J connectivity index is 2.41. The summed E-state index contributed by atoms with van der Waals surface area (Å²) in [4.78, 5) is 0. The highest BCUT2D eigenvalue weighted by molar-refractivity contribution is 4.91. The molecular weight excluding hydrogens is 148 g/mol. The van der Waals surface area contributed by atoms with Crippen LogP contribution < -0.4 is 5.32 Å². The lowest BCUT2D eigenvalue weighted by atomic mass is 9.84. The lowest BCUT2D eigenvalue weighted by Gasteiger charge is -2.38. The zero-order valence-electron chi connectivity index (χ0n) is 8.06. The fraction of sp³-hybridized carbons (Fsp3) is 0.900. The molecule has 1 N–H and O–H groups in total. The van der Waals surface area contributed by atoms with Crippen LogP contribution >= 0.6 is 0 Å². The van der Waals surface area contributed by atoms with Gasteiger partial charge in [0.2, 0.25) is 0 Å². The Kier molecular flexibility index (Phi) is 3.11. The molecule has 2 atom stereocenters.